The van der Waals surface area contributed by atoms with Gasteiger partial charge in [-0.05, 0) is 47.4 Å². The summed E-state index contributed by atoms with van der Waals surface area (Å²) in [4.78, 5) is 11.5. The first-order valence-electron chi connectivity index (χ1n) is 5.79. The van der Waals surface area contributed by atoms with Crippen LogP contribution in [0.5, 0.6) is 0 Å². The molecule has 2 aromatic carbocycles. The molecule has 1 aliphatic carbocycles. The van der Waals surface area contributed by atoms with E-state index in [2.05, 4.69) is 0 Å². The average Bonchev–Trinajstić information content (AvgIpc) is 2.67. The minimum Gasteiger partial charge on any atom is -0.398 e. The van der Waals surface area contributed by atoms with Gasteiger partial charge in [0.15, 0.2) is 5.78 Å². The second-order valence-electron chi connectivity index (χ2n) is 4.59. The molecular formula is C15H12FNO. The third-order valence-electron chi connectivity index (χ3n) is 3.46. The minimum atomic E-state index is -0.244. The third kappa shape index (κ3) is 1.44. The van der Waals surface area contributed by atoms with Crippen molar-refractivity contribution in [2.24, 2.45) is 0 Å². The number of nitrogen functional groups attached to an aromatic ring is 1. The molecule has 2 nitrogen and oxygen atoms in total. The van der Waals surface area contributed by atoms with Crippen molar-refractivity contribution in [1.82, 2.24) is 0 Å². The molecule has 0 amide bonds. The van der Waals surface area contributed by atoms with E-state index in [4.69, 9.17) is 5.73 Å². The number of Topliss-reactive ketones (excluding diaryl/α,β-unsaturated/α-hetero) is 1. The molecule has 90 valence electrons. The number of nitrogens with two attached hydrogens (primary N) is 1. The number of halogens is 1. The van der Waals surface area contributed by atoms with Crippen molar-refractivity contribution in [2.45, 2.75) is 13.3 Å². The number of rotatable bonds is 1. The minimum absolute atomic E-state index is 0.0440. The van der Waals surface area contributed by atoms with Gasteiger partial charge in [0.25, 0.3) is 0 Å². The highest BCUT2D eigenvalue weighted by Gasteiger charge is 2.23. The highest BCUT2D eigenvalue weighted by molar-refractivity contribution is 6.01. The Morgan fingerprint density at radius 2 is 1.94 bits per heavy atom. The molecule has 0 radical (unpaired) electrons. The van der Waals surface area contributed by atoms with Gasteiger partial charge in [-0.3, -0.25) is 4.79 Å². The standard InChI is InChI=1S/C15H12FNO/c1-8(18)11-4-5-13-12-3-2-10(16)6-9(12)7-14(13)15(11)17/h2-6H,7,17H2,1H3. The predicted molar refractivity (Wildman–Crippen MR) is 69.1 cm³/mol. The first-order chi connectivity index (χ1) is 8.58. The van der Waals surface area contributed by atoms with E-state index in [0.29, 0.717) is 17.7 Å². The van der Waals surface area contributed by atoms with Gasteiger partial charge in [0.2, 0.25) is 0 Å². The molecule has 0 saturated heterocycles. The zero-order valence-corrected chi connectivity index (χ0v) is 9.96. The average molecular weight is 241 g/mol. The molecule has 0 unspecified atom stereocenters. The number of ketones is 1. The summed E-state index contributed by atoms with van der Waals surface area (Å²) in [6.45, 7) is 1.50. The summed E-state index contributed by atoms with van der Waals surface area (Å²) < 4.78 is 13.2. The number of anilines is 1. The molecule has 0 bridgehead atoms. The SMILES string of the molecule is CC(=O)c1ccc2c(c1N)Cc1cc(F)ccc1-2. The van der Waals surface area contributed by atoms with Crippen LogP contribution < -0.4 is 5.73 Å². The van der Waals surface area contributed by atoms with Crippen molar-refractivity contribution in [1.29, 1.82) is 0 Å². The lowest BCUT2D eigenvalue weighted by Gasteiger charge is -2.08. The maximum absolute atomic E-state index is 13.2. The van der Waals surface area contributed by atoms with Gasteiger partial charge in [-0.2, -0.15) is 0 Å². The zero-order valence-electron chi connectivity index (χ0n) is 9.96. The van der Waals surface area contributed by atoms with Crippen molar-refractivity contribution < 1.29 is 9.18 Å². The van der Waals surface area contributed by atoms with Gasteiger partial charge < -0.3 is 5.73 Å². The second-order valence-corrected chi connectivity index (χ2v) is 4.59. The molecule has 18 heavy (non-hydrogen) atoms. The fourth-order valence-corrected chi connectivity index (χ4v) is 2.58. The summed E-state index contributed by atoms with van der Waals surface area (Å²) in [5.41, 5.74) is 11.0. The molecule has 3 heteroatoms. The van der Waals surface area contributed by atoms with Gasteiger partial charge in [0, 0.05) is 17.7 Å². The molecule has 0 spiro atoms. The summed E-state index contributed by atoms with van der Waals surface area (Å²) in [6.07, 6.45) is 0.593. The Labute approximate surface area is 104 Å². The summed E-state index contributed by atoms with van der Waals surface area (Å²) in [5.74, 6) is -0.288. The zero-order chi connectivity index (χ0) is 12.9. The van der Waals surface area contributed by atoms with Crippen molar-refractivity contribution >= 4 is 11.5 Å². The molecular weight excluding hydrogens is 229 g/mol. The maximum atomic E-state index is 13.2. The molecule has 0 aromatic heterocycles. The van der Waals surface area contributed by atoms with Gasteiger partial charge in [0.1, 0.15) is 5.82 Å². The van der Waals surface area contributed by atoms with Gasteiger partial charge >= 0.3 is 0 Å². The lowest BCUT2D eigenvalue weighted by Crippen LogP contribution is -2.03. The van der Waals surface area contributed by atoms with Crippen molar-refractivity contribution in [3.63, 3.8) is 0 Å². The Balaban J connectivity index is 2.23. The Morgan fingerprint density at radius 3 is 2.67 bits per heavy atom. The number of carbonyl (C=O) groups is 1. The van der Waals surface area contributed by atoms with E-state index in [9.17, 15) is 9.18 Å². The normalized spacial score (nSPS) is 12.1. The Kier molecular flexibility index (Phi) is 2.23. The molecule has 0 atom stereocenters. The number of hydrogen-bond acceptors (Lipinski definition) is 2. The van der Waals surface area contributed by atoms with Crippen molar-refractivity contribution in [3.8, 4) is 11.1 Å². The van der Waals surface area contributed by atoms with Crippen LogP contribution in [0.25, 0.3) is 11.1 Å². The van der Waals surface area contributed by atoms with Crippen LogP contribution in [-0.4, -0.2) is 5.78 Å². The van der Waals surface area contributed by atoms with E-state index in [-0.39, 0.29) is 11.6 Å². The topological polar surface area (TPSA) is 43.1 Å². The monoisotopic (exact) mass is 241 g/mol. The van der Waals surface area contributed by atoms with E-state index in [1.807, 2.05) is 6.07 Å². The van der Waals surface area contributed by atoms with Gasteiger partial charge in [-0.1, -0.05) is 12.1 Å². The van der Waals surface area contributed by atoms with Gasteiger partial charge in [-0.15, -0.1) is 0 Å². The summed E-state index contributed by atoms with van der Waals surface area (Å²) in [5, 5.41) is 0. The van der Waals surface area contributed by atoms with Crippen LogP contribution in [-0.2, 0) is 6.42 Å². The van der Waals surface area contributed by atoms with Gasteiger partial charge in [-0.25, -0.2) is 4.39 Å². The largest absolute Gasteiger partial charge is 0.398 e. The Hall–Kier alpha value is -2.16. The third-order valence-corrected chi connectivity index (χ3v) is 3.46. The number of benzene rings is 2. The first kappa shape index (κ1) is 11.0. The van der Waals surface area contributed by atoms with E-state index in [1.165, 1.54) is 19.1 Å². The first-order valence-corrected chi connectivity index (χ1v) is 5.79. The van der Waals surface area contributed by atoms with Crippen LogP contribution in [0, 0.1) is 5.82 Å². The van der Waals surface area contributed by atoms with Crippen LogP contribution in [0.2, 0.25) is 0 Å². The van der Waals surface area contributed by atoms with E-state index in [1.54, 1.807) is 12.1 Å². The maximum Gasteiger partial charge on any atom is 0.161 e. The fourth-order valence-electron chi connectivity index (χ4n) is 2.58. The Morgan fingerprint density at radius 1 is 1.22 bits per heavy atom. The van der Waals surface area contributed by atoms with Crippen LogP contribution in [0.1, 0.15) is 28.4 Å². The van der Waals surface area contributed by atoms with E-state index in [0.717, 1.165) is 22.3 Å². The lowest BCUT2D eigenvalue weighted by atomic mass is 9.99. The fraction of sp³-hybridized carbons (Fsp3) is 0.133. The van der Waals surface area contributed by atoms with Crippen molar-refractivity contribution in [2.75, 3.05) is 5.73 Å². The molecule has 2 N–H and O–H groups in total. The number of carbonyl (C=O) groups excluding carboxylic acids is 1. The molecule has 3 rings (SSSR count). The van der Waals surface area contributed by atoms with Crippen LogP contribution in [0.15, 0.2) is 30.3 Å². The quantitative estimate of drug-likeness (QED) is 0.525. The summed E-state index contributed by atoms with van der Waals surface area (Å²) >= 11 is 0. The number of fused-ring (bicyclic) bond motifs is 3. The van der Waals surface area contributed by atoms with Crippen LogP contribution >= 0.6 is 0 Å². The lowest BCUT2D eigenvalue weighted by molar-refractivity contribution is 0.101. The second kappa shape index (κ2) is 3.67. The van der Waals surface area contributed by atoms with Gasteiger partial charge in [0.05, 0.1) is 0 Å². The molecule has 0 saturated carbocycles. The smallest absolute Gasteiger partial charge is 0.161 e. The predicted octanol–water partition coefficient (Wildman–Crippen LogP) is 3.18. The highest BCUT2D eigenvalue weighted by atomic mass is 19.1. The molecule has 2 aromatic rings. The molecule has 0 aliphatic heterocycles. The van der Waals surface area contributed by atoms with Crippen LogP contribution in [0.4, 0.5) is 10.1 Å². The van der Waals surface area contributed by atoms with E-state index >= 15 is 0 Å². The summed E-state index contributed by atoms with van der Waals surface area (Å²) in [7, 11) is 0. The summed E-state index contributed by atoms with van der Waals surface area (Å²) in [6, 6.07) is 8.38. The van der Waals surface area contributed by atoms with Crippen LogP contribution in [0.3, 0.4) is 0 Å². The molecule has 1 aliphatic rings. The molecule has 0 fully saturated rings. The Bertz CT molecular complexity index is 676. The molecule has 0 heterocycles. The van der Waals surface area contributed by atoms with E-state index < -0.39 is 0 Å². The highest BCUT2D eigenvalue weighted by Crippen LogP contribution is 2.40. The number of hydrogen-bond donors (Lipinski definition) is 1. The van der Waals surface area contributed by atoms with Crippen molar-refractivity contribution in [3.05, 3.63) is 52.8 Å².